The van der Waals surface area contributed by atoms with Gasteiger partial charge in [-0.3, -0.25) is 0 Å². The van der Waals surface area contributed by atoms with Gasteiger partial charge in [0.15, 0.2) is 0 Å². The maximum Gasteiger partial charge on any atom is 0.0653 e. The van der Waals surface area contributed by atoms with Crippen molar-refractivity contribution in [2.75, 3.05) is 6.61 Å². The van der Waals surface area contributed by atoms with Gasteiger partial charge in [-0.25, -0.2) is 0 Å². The van der Waals surface area contributed by atoms with Crippen molar-refractivity contribution in [1.82, 2.24) is 0 Å². The molecule has 3 saturated carbocycles. The van der Waals surface area contributed by atoms with Gasteiger partial charge >= 0.3 is 0 Å². The van der Waals surface area contributed by atoms with Crippen LogP contribution in [0.4, 0.5) is 0 Å². The van der Waals surface area contributed by atoms with Crippen molar-refractivity contribution in [3.05, 3.63) is 23.3 Å². The number of ether oxygens (including phenoxy) is 1. The van der Waals surface area contributed by atoms with Crippen LogP contribution >= 0.6 is 0 Å². The molecule has 0 aromatic heterocycles. The highest BCUT2D eigenvalue weighted by atomic mass is 16.5. The largest absolute Gasteiger partial charge is 0.393 e. The number of hydrogen-bond donors (Lipinski definition) is 3. The number of allylic oxidation sites excluding steroid dienone is 3. The summed E-state index contributed by atoms with van der Waals surface area (Å²) in [7, 11) is 0. The normalized spacial score (nSPS) is 39.6. The summed E-state index contributed by atoms with van der Waals surface area (Å²) in [6.07, 6.45) is 11.6. The molecule has 4 heteroatoms. The van der Waals surface area contributed by atoms with Crippen LogP contribution in [0.3, 0.4) is 0 Å². The molecule has 0 heterocycles. The van der Waals surface area contributed by atoms with Gasteiger partial charge in [-0.2, -0.15) is 0 Å². The first kappa shape index (κ1) is 25.0. The lowest BCUT2D eigenvalue weighted by molar-refractivity contribution is -0.0454. The van der Waals surface area contributed by atoms with Crippen molar-refractivity contribution in [3.8, 4) is 0 Å². The van der Waals surface area contributed by atoms with Gasteiger partial charge in [0.1, 0.15) is 0 Å². The minimum absolute atomic E-state index is 0.206. The third-order valence-corrected chi connectivity index (χ3v) is 8.81. The molecule has 3 rings (SSSR count). The Morgan fingerprint density at radius 3 is 2.55 bits per heavy atom. The van der Waals surface area contributed by atoms with E-state index in [0.717, 1.165) is 12.0 Å². The Morgan fingerprint density at radius 2 is 1.87 bits per heavy atom. The number of hydrogen-bond acceptors (Lipinski definition) is 4. The van der Waals surface area contributed by atoms with E-state index >= 15 is 0 Å². The molecule has 6 atom stereocenters. The molecule has 3 N–H and O–H groups in total. The quantitative estimate of drug-likeness (QED) is 0.540. The summed E-state index contributed by atoms with van der Waals surface area (Å²) in [6.45, 7) is 13.2. The predicted octanol–water partition coefficient (Wildman–Crippen LogP) is 5.16. The van der Waals surface area contributed by atoms with Gasteiger partial charge in [-0.15, -0.1) is 0 Å². The minimum Gasteiger partial charge on any atom is -0.393 e. The van der Waals surface area contributed by atoms with Crippen LogP contribution in [0.15, 0.2) is 23.3 Å². The predicted molar refractivity (Wildman–Crippen MR) is 126 cm³/mol. The van der Waals surface area contributed by atoms with Gasteiger partial charge < -0.3 is 20.1 Å². The van der Waals surface area contributed by atoms with E-state index < -0.39 is 17.8 Å². The topological polar surface area (TPSA) is 69.9 Å². The zero-order valence-corrected chi connectivity index (χ0v) is 20.7. The fraction of sp³-hybridized carbons (Fsp3) is 0.852. The van der Waals surface area contributed by atoms with E-state index in [0.29, 0.717) is 37.7 Å². The Balaban J connectivity index is 1.73. The Morgan fingerprint density at radius 1 is 1.16 bits per heavy atom. The standard InChI is InChI=1S/C27H46O4/c1-18(31-15-14-25(2,3)30)22-11-12-23-19(8-7-13-27(22,23)6)9-10-20-16-21(28)17-24(29)26(20,4)5/h9-10,18,21-24,28-30H,7-8,11-17H2,1-6H3/b19-9+,20-10-/t18-,21+,22+,23-,24-,27+/m0/s1. The van der Waals surface area contributed by atoms with Crippen molar-refractivity contribution in [3.63, 3.8) is 0 Å². The molecule has 4 nitrogen and oxygen atoms in total. The molecule has 3 aliphatic carbocycles. The molecule has 0 spiro atoms. The maximum atomic E-state index is 10.5. The molecule has 0 amide bonds. The van der Waals surface area contributed by atoms with Crippen LogP contribution in [0.2, 0.25) is 0 Å². The summed E-state index contributed by atoms with van der Waals surface area (Å²) in [5, 5.41) is 30.6. The van der Waals surface area contributed by atoms with Gasteiger partial charge in [0.2, 0.25) is 0 Å². The van der Waals surface area contributed by atoms with Crippen molar-refractivity contribution >= 4 is 0 Å². The SMILES string of the molecule is C[C@H](OCCC(C)(C)O)[C@H]1CC[C@H]2/C(=C/C=C3/C[C@@H](O)C[C@H](O)C3(C)C)CCC[C@]12C. The summed E-state index contributed by atoms with van der Waals surface area (Å²) in [5.41, 5.74) is 2.01. The molecule has 0 bridgehead atoms. The summed E-state index contributed by atoms with van der Waals surface area (Å²) >= 11 is 0. The third-order valence-electron chi connectivity index (χ3n) is 8.81. The molecule has 3 fully saturated rings. The van der Waals surface area contributed by atoms with Crippen LogP contribution in [-0.2, 0) is 4.74 Å². The second-order valence-corrected chi connectivity index (χ2v) is 12.0. The van der Waals surface area contributed by atoms with Crippen molar-refractivity contribution in [1.29, 1.82) is 0 Å². The summed E-state index contributed by atoms with van der Waals surface area (Å²) < 4.78 is 6.21. The van der Waals surface area contributed by atoms with E-state index in [1.807, 2.05) is 13.8 Å². The zero-order chi connectivity index (χ0) is 23.0. The second-order valence-electron chi connectivity index (χ2n) is 12.0. The highest BCUT2D eigenvalue weighted by molar-refractivity contribution is 5.29. The van der Waals surface area contributed by atoms with E-state index in [9.17, 15) is 15.3 Å². The lowest BCUT2D eigenvalue weighted by atomic mass is 9.62. The van der Waals surface area contributed by atoms with Crippen LogP contribution in [0.1, 0.15) is 92.9 Å². The lowest BCUT2D eigenvalue weighted by Gasteiger charge is -2.44. The minimum atomic E-state index is -0.676. The number of aliphatic hydroxyl groups excluding tert-OH is 2. The average Bonchev–Trinajstić information content (AvgIpc) is 3.00. The van der Waals surface area contributed by atoms with Gasteiger partial charge in [0.05, 0.1) is 23.9 Å². The number of rotatable bonds is 6. The molecule has 0 aromatic rings. The van der Waals surface area contributed by atoms with Crippen LogP contribution in [0.25, 0.3) is 0 Å². The number of aliphatic hydroxyl groups is 3. The molecular formula is C27H46O4. The molecule has 0 aromatic carbocycles. The zero-order valence-electron chi connectivity index (χ0n) is 20.7. The molecule has 0 saturated heterocycles. The molecule has 3 aliphatic rings. The fourth-order valence-corrected chi connectivity index (χ4v) is 6.52. The van der Waals surface area contributed by atoms with E-state index in [1.54, 1.807) is 0 Å². The highest BCUT2D eigenvalue weighted by Gasteiger charge is 2.51. The molecule has 0 radical (unpaired) electrons. The van der Waals surface area contributed by atoms with Crippen molar-refractivity contribution in [2.45, 2.75) is 117 Å². The van der Waals surface area contributed by atoms with Crippen molar-refractivity contribution < 1.29 is 20.1 Å². The molecular weight excluding hydrogens is 388 g/mol. The van der Waals surface area contributed by atoms with E-state index in [4.69, 9.17) is 4.74 Å². The summed E-state index contributed by atoms with van der Waals surface area (Å²) in [5.74, 6) is 1.13. The first-order chi connectivity index (χ1) is 14.3. The third kappa shape index (κ3) is 5.46. The monoisotopic (exact) mass is 434 g/mol. The van der Waals surface area contributed by atoms with Crippen LogP contribution in [0, 0.1) is 22.7 Å². The van der Waals surface area contributed by atoms with Crippen molar-refractivity contribution in [2.24, 2.45) is 22.7 Å². The second kappa shape index (κ2) is 9.29. The first-order valence-corrected chi connectivity index (χ1v) is 12.4. The highest BCUT2D eigenvalue weighted by Crippen LogP contribution is 2.58. The maximum absolute atomic E-state index is 10.5. The summed E-state index contributed by atoms with van der Waals surface area (Å²) in [4.78, 5) is 0. The van der Waals surface area contributed by atoms with Gasteiger partial charge in [-0.05, 0) is 83.0 Å². The fourth-order valence-electron chi connectivity index (χ4n) is 6.52. The Bertz CT molecular complexity index is 686. The van der Waals surface area contributed by atoms with Gasteiger partial charge in [-0.1, -0.05) is 44.1 Å². The Labute approximate surface area is 189 Å². The van der Waals surface area contributed by atoms with E-state index in [1.165, 1.54) is 31.3 Å². The van der Waals surface area contributed by atoms with Gasteiger partial charge in [0.25, 0.3) is 0 Å². The lowest BCUT2D eigenvalue weighted by Crippen LogP contribution is -2.40. The molecule has 178 valence electrons. The number of fused-ring (bicyclic) bond motifs is 1. The molecule has 31 heavy (non-hydrogen) atoms. The summed E-state index contributed by atoms with van der Waals surface area (Å²) in [6, 6.07) is 0. The van der Waals surface area contributed by atoms with E-state index in [2.05, 4.69) is 39.8 Å². The average molecular weight is 435 g/mol. The Hall–Kier alpha value is -0.680. The first-order valence-electron chi connectivity index (χ1n) is 12.4. The van der Waals surface area contributed by atoms with Crippen LogP contribution in [0.5, 0.6) is 0 Å². The smallest absolute Gasteiger partial charge is 0.0653 e. The Kier molecular flexibility index (Phi) is 7.48. The van der Waals surface area contributed by atoms with E-state index in [-0.39, 0.29) is 16.9 Å². The van der Waals surface area contributed by atoms with Crippen LogP contribution < -0.4 is 0 Å². The molecule has 0 aliphatic heterocycles. The molecule has 0 unspecified atom stereocenters. The van der Waals surface area contributed by atoms with Crippen LogP contribution in [-0.4, -0.2) is 45.8 Å². The van der Waals surface area contributed by atoms with Gasteiger partial charge in [0, 0.05) is 18.4 Å².